The van der Waals surface area contributed by atoms with E-state index in [1.165, 1.54) is 0 Å². The third kappa shape index (κ3) is 5.90. The molecule has 164 valence electrons. The lowest BCUT2D eigenvalue weighted by atomic mass is 10.1. The van der Waals surface area contributed by atoms with Crippen LogP contribution >= 0.6 is 0 Å². The van der Waals surface area contributed by atoms with Crippen molar-refractivity contribution in [1.29, 1.82) is 0 Å². The average molecular weight is 422 g/mol. The Morgan fingerprint density at radius 2 is 1.84 bits per heavy atom. The van der Waals surface area contributed by atoms with Crippen LogP contribution in [-0.4, -0.2) is 71.1 Å². The third-order valence-electron chi connectivity index (χ3n) is 5.37. The number of carbonyl (C=O) groups excluding carboxylic acids is 2. The Labute approximate surface area is 184 Å². The zero-order valence-electron chi connectivity index (χ0n) is 18.4. The maximum Gasteiger partial charge on any atom is 0.242 e. The molecule has 0 N–H and O–H groups in total. The molecule has 1 aromatic carbocycles. The van der Waals surface area contributed by atoms with E-state index in [0.717, 1.165) is 30.0 Å². The van der Waals surface area contributed by atoms with Gasteiger partial charge in [-0.15, -0.1) is 16.8 Å². The Morgan fingerprint density at radius 1 is 1.06 bits per heavy atom. The first kappa shape index (κ1) is 22.5. The lowest BCUT2D eigenvalue weighted by Gasteiger charge is -2.27. The van der Waals surface area contributed by atoms with Gasteiger partial charge in [-0.2, -0.15) is 0 Å². The smallest absolute Gasteiger partial charge is 0.242 e. The summed E-state index contributed by atoms with van der Waals surface area (Å²) in [5, 5.41) is 8.79. The summed E-state index contributed by atoms with van der Waals surface area (Å²) < 4.78 is 0. The molecule has 1 saturated heterocycles. The summed E-state index contributed by atoms with van der Waals surface area (Å²) in [5.74, 6) is 0.615. The van der Waals surface area contributed by atoms with E-state index in [0.29, 0.717) is 26.2 Å². The Balaban J connectivity index is 1.60. The predicted molar refractivity (Wildman–Crippen MR) is 122 cm³/mol. The van der Waals surface area contributed by atoms with Crippen molar-refractivity contribution >= 4 is 17.6 Å². The standard InChI is InChI=1S/C24H31N5O2/c1-4-13-29(24(31)19(2)3)18-23(30)28-15-8-14-27(16-17-28)22-12-11-21(25-26-22)20-9-6-5-7-10-20/h4-7,9-12,19H,1,8,13-18H2,2-3H3. The van der Waals surface area contributed by atoms with E-state index in [2.05, 4.69) is 21.7 Å². The first-order chi connectivity index (χ1) is 15.0. The van der Waals surface area contributed by atoms with Crippen LogP contribution in [0.3, 0.4) is 0 Å². The summed E-state index contributed by atoms with van der Waals surface area (Å²) in [6.07, 6.45) is 2.50. The molecule has 2 amide bonds. The summed E-state index contributed by atoms with van der Waals surface area (Å²) in [4.78, 5) is 30.8. The number of rotatable bonds is 7. The van der Waals surface area contributed by atoms with E-state index in [1.807, 2.05) is 61.2 Å². The Morgan fingerprint density at radius 3 is 2.48 bits per heavy atom. The Kier molecular flexibility index (Phi) is 7.76. The van der Waals surface area contributed by atoms with E-state index in [1.54, 1.807) is 11.0 Å². The number of hydrogen-bond acceptors (Lipinski definition) is 5. The molecule has 0 radical (unpaired) electrons. The van der Waals surface area contributed by atoms with Crippen LogP contribution in [0.4, 0.5) is 5.82 Å². The van der Waals surface area contributed by atoms with Crippen molar-refractivity contribution in [3.05, 3.63) is 55.1 Å². The minimum atomic E-state index is -0.148. The molecule has 2 aromatic rings. The van der Waals surface area contributed by atoms with E-state index in [-0.39, 0.29) is 24.3 Å². The topological polar surface area (TPSA) is 69.6 Å². The molecule has 0 spiro atoms. The van der Waals surface area contributed by atoms with Gasteiger partial charge in [0, 0.05) is 44.2 Å². The quantitative estimate of drug-likeness (QED) is 0.643. The monoisotopic (exact) mass is 421 g/mol. The third-order valence-corrected chi connectivity index (χ3v) is 5.37. The fraction of sp³-hybridized carbons (Fsp3) is 0.417. The van der Waals surface area contributed by atoms with Crippen molar-refractivity contribution in [1.82, 2.24) is 20.0 Å². The molecule has 31 heavy (non-hydrogen) atoms. The van der Waals surface area contributed by atoms with E-state index in [9.17, 15) is 9.59 Å². The second-order valence-electron chi connectivity index (χ2n) is 8.03. The zero-order chi connectivity index (χ0) is 22.2. The highest BCUT2D eigenvalue weighted by molar-refractivity contribution is 5.85. The van der Waals surface area contributed by atoms with Gasteiger partial charge in [0.25, 0.3) is 0 Å². The molecule has 2 heterocycles. The van der Waals surface area contributed by atoms with E-state index < -0.39 is 0 Å². The number of amides is 2. The van der Waals surface area contributed by atoms with Crippen molar-refractivity contribution in [3.63, 3.8) is 0 Å². The predicted octanol–water partition coefficient (Wildman–Crippen LogP) is 2.85. The highest BCUT2D eigenvalue weighted by Gasteiger charge is 2.24. The van der Waals surface area contributed by atoms with Gasteiger partial charge in [-0.25, -0.2) is 0 Å². The number of aromatic nitrogens is 2. The van der Waals surface area contributed by atoms with Gasteiger partial charge in [0.05, 0.1) is 5.69 Å². The van der Waals surface area contributed by atoms with Crippen LogP contribution < -0.4 is 4.90 Å². The van der Waals surface area contributed by atoms with Crippen LogP contribution in [0.5, 0.6) is 0 Å². The van der Waals surface area contributed by atoms with Gasteiger partial charge in [0.15, 0.2) is 5.82 Å². The van der Waals surface area contributed by atoms with Gasteiger partial charge < -0.3 is 14.7 Å². The van der Waals surface area contributed by atoms with Crippen LogP contribution in [0, 0.1) is 5.92 Å². The molecule has 0 saturated carbocycles. The number of benzene rings is 1. The minimum Gasteiger partial charge on any atom is -0.353 e. The fourth-order valence-corrected chi connectivity index (χ4v) is 3.67. The first-order valence-electron chi connectivity index (χ1n) is 10.8. The van der Waals surface area contributed by atoms with Crippen molar-refractivity contribution in [2.24, 2.45) is 5.92 Å². The molecule has 0 bridgehead atoms. The normalized spacial score (nSPS) is 14.3. The summed E-state index contributed by atoms with van der Waals surface area (Å²) in [6, 6.07) is 13.9. The number of anilines is 1. The Hall–Kier alpha value is -3.22. The van der Waals surface area contributed by atoms with Gasteiger partial charge >= 0.3 is 0 Å². The molecular weight excluding hydrogens is 390 g/mol. The van der Waals surface area contributed by atoms with Crippen LogP contribution in [-0.2, 0) is 9.59 Å². The highest BCUT2D eigenvalue weighted by Crippen LogP contribution is 2.19. The number of hydrogen-bond donors (Lipinski definition) is 0. The summed E-state index contributed by atoms with van der Waals surface area (Å²) in [7, 11) is 0. The van der Waals surface area contributed by atoms with Crippen LogP contribution in [0.1, 0.15) is 20.3 Å². The molecule has 7 nitrogen and oxygen atoms in total. The van der Waals surface area contributed by atoms with Crippen LogP contribution in [0.2, 0.25) is 0 Å². The minimum absolute atomic E-state index is 0.0248. The summed E-state index contributed by atoms with van der Waals surface area (Å²) in [6.45, 7) is 10.6. The molecule has 0 unspecified atom stereocenters. The molecule has 1 aromatic heterocycles. The molecule has 1 fully saturated rings. The Bertz CT molecular complexity index is 883. The zero-order valence-corrected chi connectivity index (χ0v) is 18.4. The number of nitrogens with zero attached hydrogens (tertiary/aromatic N) is 5. The van der Waals surface area contributed by atoms with Crippen molar-refractivity contribution in [3.8, 4) is 11.3 Å². The highest BCUT2D eigenvalue weighted by atomic mass is 16.2. The molecule has 1 aliphatic heterocycles. The van der Waals surface area contributed by atoms with Crippen molar-refractivity contribution in [2.45, 2.75) is 20.3 Å². The maximum atomic E-state index is 12.9. The molecule has 1 aliphatic rings. The van der Waals surface area contributed by atoms with Crippen molar-refractivity contribution in [2.75, 3.05) is 44.2 Å². The summed E-state index contributed by atoms with van der Waals surface area (Å²) >= 11 is 0. The molecular formula is C24H31N5O2. The SMILES string of the molecule is C=CCN(CC(=O)N1CCCN(c2ccc(-c3ccccc3)nn2)CC1)C(=O)C(C)C. The molecule has 7 heteroatoms. The largest absolute Gasteiger partial charge is 0.353 e. The van der Waals surface area contributed by atoms with Crippen molar-refractivity contribution < 1.29 is 9.59 Å². The van der Waals surface area contributed by atoms with E-state index >= 15 is 0 Å². The average Bonchev–Trinajstić information content (AvgIpc) is 3.05. The number of carbonyl (C=O) groups is 2. The van der Waals surface area contributed by atoms with Gasteiger partial charge in [-0.05, 0) is 18.6 Å². The van der Waals surface area contributed by atoms with Gasteiger partial charge in [0.1, 0.15) is 6.54 Å². The molecule has 0 aliphatic carbocycles. The van der Waals surface area contributed by atoms with Crippen LogP contribution in [0.15, 0.2) is 55.1 Å². The fourth-order valence-electron chi connectivity index (χ4n) is 3.67. The van der Waals surface area contributed by atoms with E-state index in [4.69, 9.17) is 0 Å². The molecule has 3 rings (SSSR count). The van der Waals surface area contributed by atoms with Gasteiger partial charge in [-0.3, -0.25) is 9.59 Å². The second kappa shape index (κ2) is 10.7. The maximum absolute atomic E-state index is 12.9. The van der Waals surface area contributed by atoms with Crippen LogP contribution in [0.25, 0.3) is 11.3 Å². The first-order valence-corrected chi connectivity index (χ1v) is 10.8. The van der Waals surface area contributed by atoms with Gasteiger partial charge in [-0.1, -0.05) is 50.3 Å². The summed E-state index contributed by atoms with van der Waals surface area (Å²) in [5.41, 5.74) is 1.88. The van der Waals surface area contributed by atoms with Gasteiger partial charge in [0.2, 0.25) is 11.8 Å². The second-order valence-corrected chi connectivity index (χ2v) is 8.03. The lowest BCUT2D eigenvalue weighted by molar-refractivity contribution is -0.141. The lowest BCUT2D eigenvalue weighted by Crippen LogP contribution is -2.45. The molecule has 0 atom stereocenters.